The lowest BCUT2D eigenvalue weighted by molar-refractivity contribution is -0.131. The molecule has 3 N–H and O–H groups in total. The number of phenolic OH excluding ortho intramolecular Hbond substituents is 1. The minimum absolute atomic E-state index is 0.0707. The predicted molar refractivity (Wildman–Crippen MR) is 110 cm³/mol. The van der Waals surface area contributed by atoms with Crippen molar-refractivity contribution < 1.29 is 24.5 Å². The molecule has 148 valence electrons. The van der Waals surface area contributed by atoms with Crippen molar-refractivity contribution in [2.24, 2.45) is 5.92 Å². The number of anilines is 1. The number of ether oxygens (including phenoxy) is 1. The van der Waals surface area contributed by atoms with Crippen molar-refractivity contribution in [2.45, 2.75) is 25.9 Å². The van der Waals surface area contributed by atoms with Crippen LogP contribution >= 0.6 is 15.9 Å². The number of benzene rings is 2. The maximum absolute atomic E-state index is 12.4. The lowest BCUT2D eigenvalue weighted by atomic mass is 9.93. The molecule has 0 radical (unpaired) electrons. The van der Waals surface area contributed by atoms with Crippen LogP contribution in [0.3, 0.4) is 0 Å². The van der Waals surface area contributed by atoms with Crippen molar-refractivity contribution in [3.05, 3.63) is 70.7 Å². The molecule has 0 aliphatic carbocycles. The van der Waals surface area contributed by atoms with Crippen molar-refractivity contribution in [1.82, 2.24) is 0 Å². The Morgan fingerprint density at radius 1 is 1.14 bits per heavy atom. The number of carboxylic acids is 1. The topological polar surface area (TPSA) is 95.9 Å². The van der Waals surface area contributed by atoms with Gasteiger partial charge in [-0.25, -0.2) is 9.59 Å². The number of carbonyl (C=O) groups excluding carboxylic acids is 1. The number of allylic oxidation sites excluding steroid dienone is 1. The number of amides is 1. The van der Waals surface area contributed by atoms with Crippen molar-refractivity contribution in [3.8, 4) is 5.75 Å². The number of carbonyl (C=O) groups is 2. The van der Waals surface area contributed by atoms with E-state index < -0.39 is 18.2 Å². The summed E-state index contributed by atoms with van der Waals surface area (Å²) in [5.41, 5.74) is 1.35. The molecule has 0 heterocycles. The monoisotopic (exact) mass is 447 g/mol. The Labute approximate surface area is 172 Å². The third-order valence-corrected chi connectivity index (χ3v) is 4.64. The maximum Gasteiger partial charge on any atom is 0.412 e. The molecule has 0 aliphatic heterocycles. The summed E-state index contributed by atoms with van der Waals surface area (Å²) < 4.78 is 6.57. The van der Waals surface area contributed by atoms with Gasteiger partial charge in [0.15, 0.2) is 0 Å². The first-order chi connectivity index (χ1) is 13.3. The summed E-state index contributed by atoms with van der Waals surface area (Å²) in [5.74, 6) is -0.939. The third kappa shape index (κ3) is 7.08. The average molecular weight is 448 g/mol. The van der Waals surface area contributed by atoms with E-state index in [0.29, 0.717) is 18.5 Å². The molecule has 0 aliphatic rings. The van der Waals surface area contributed by atoms with E-state index in [-0.39, 0.29) is 11.7 Å². The van der Waals surface area contributed by atoms with Crippen LogP contribution in [0, 0.1) is 5.92 Å². The van der Waals surface area contributed by atoms with Gasteiger partial charge in [-0.2, -0.15) is 0 Å². The van der Waals surface area contributed by atoms with Gasteiger partial charge < -0.3 is 14.9 Å². The molecule has 0 saturated carbocycles. The number of halogens is 1. The highest BCUT2D eigenvalue weighted by molar-refractivity contribution is 9.10. The standard InChI is InChI=1S/C21H22BrNO5/c1-14(4-2-3-5-19(25)26)20(15-6-12-18(24)13-7-15)28-21(27)23-17-10-8-16(22)9-11-17/h3,5-14,20,24H,2,4H2,1H3,(H,23,27)(H,25,26)/b5-3+/t14-,20-/m1/s1. The fourth-order valence-electron chi connectivity index (χ4n) is 2.67. The van der Waals surface area contributed by atoms with Gasteiger partial charge in [-0.05, 0) is 60.7 Å². The number of hydrogen-bond donors (Lipinski definition) is 3. The molecule has 2 aromatic carbocycles. The molecule has 6 nitrogen and oxygen atoms in total. The molecule has 2 aromatic rings. The Bertz CT molecular complexity index is 818. The summed E-state index contributed by atoms with van der Waals surface area (Å²) in [6.45, 7) is 1.93. The highest BCUT2D eigenvalue weighted by Crippen LogP contribution is 2.31. The predicted octanol–water partition coefficient (Wildman–Crippen LogP) is 5.50. The van der Waals surface area contributed by atoms with E-state index in [9.17, 15) is 14.7 Å². The highest BCUT2D eigenvalue weighted by Gasteiger charge is 2.23. The molecular weight excluding hydrogens is 426 g/mol. The SMILES string of the molecule is C[C@H](CC/C=C/C(=O)O)[C@@H](OC(=O)Nc1ccc(Br)cc1)c1ccc(O)cc1. The van der Waals surface area contributed by atoms with E-state index in [1.165, 1.54) is 12.1 Å². The van der Waals surface area contributed by atoms with E-state index >= 15 is 0 Å². The van der Waals surface area contributed by atoms with E-state index in [4.69, 9.17) is 9.84 Å². The first-order valence-electron chi connectivity index (χ1n) is 8.76. The molecule has 0 spiro atoms. The summed E-state index contributed by atoms with van der Waals surface area (Å²) in [5, 5.41) is 20.9. The van der Waals surface area contributed by atoms with Crippen LogP contribution in [0.15, 0.2) is 65.2 Å². The Hall–Kier alpha value is -2.80. The second kappa shape index (κ2) is 10.5. The summed E-state index contributed by atoms with van der Waals surface area (Å²) in [4.78, 5) is 23.0. The van der Waals surface area contributed by atoms with Crippen molar-refractivity contribution in [3.63, 3.8) is 0 Å². The number of aromatic hydroxyl groups is 1. The molecule has 2 rings (SSSR count). The summed E-state index contributed by atoms with van der Waals surface area (Å²) in [6.07, 6.45) is 2.71. The van der Waals surface area contributed by atoms with Crippen molar-refractivity contribution in [2.75, 3.05) is 5.32 Å². The van der Waals surface area contributed by atoms with Crippen LogP contribution < -0.4 is 5.32 Å². The largest absolute Gasteiger partial charge is 0.508 e. The van der Waals surface area contributed by atoms with Crippen LogP contribution in [0.2, 0.25) is 0 Å². The fourth-order valence-corrected chi connectivity index (χ4v) is 2.93. The second-order valence-electron chi connectivity index (χ2n) is 6.34. The molecule has 1 amide bonds. The van der Waals surface area contributed by atoms with Crippen LogP contribution in [0.4, 0.5) is 10.5 Å². The van der Waals surface area contributed by atoms with E-state index in [1.54, 1.807) is 30.3 Å². The molecule has 0 unspecified atom stereocenters. The normalized spacial score (nSPS) is 13.1. The van der Waals surface area contributed by atoms with Gasteiger partial charge in [0.1, 0.15) is 11.9 Å². The van der Waals surface area contributed by atoms with Gasteiger partial charge in [-0.15, -0.1) is 0 Å². The number of nitrogens with one attached hydrogen (secondary N) is 1. The summed E-state index contributed by atoms with van der Waals surface area (Å²) >= 11 is 3.34. The average Bonchev–Trinajstić information content (AvgIpc) is 2.66. The van der Waals surface area contributed by atoms with Crippen LogP contribution in [-0.4, -0.2) is 22.3 Å². The first kappa shape index (κ1) is 21.5. The lowest BCUT2D eigenvalue weighted by Crippen LogP contribution is -2.22. The lowest BCUT2D eigenvalue weighted by Gasteiger charge is -2.24. The molecular formula is C21H22BrNO5. The number of aliphatic carboxylic acids is 1. The van der Waals surface area contributed by atoms with Gasteiger partial charge in [-0.1, -0.05) is 41.1 Å². The van der Waals surface area contributed by atoms with Gasteiger partial charge in [0, 0.05) is 16.2 Å². The van der Waals surface area contributed by atoms with E-state index in [2.05, 4.69) is 21.2 Å². The van der Waals surface area contributed by atoms with Gasteiger partial charge in [0.25, 0.3) is 0 Å². The minimum atomic E-state index is -0.993. The molecule has 2 atom stereocenters. The van der Waals surface area contributed by atoms with E-state index in [1.807, 2.05) is 19.1 Å². The van der Waals surface area contributed by atoms with Crippen LogP contribution in [-0.2, 0) is 9.53 Å². The number of phenols is 1. The second-order valence-corrected chi connectivity index (χ2v) is 7.26. The molecule has 0 saturated heterocycles. The van der Waals surface area contributed by atoms with Crippen LogP contribution in [0.25, 0.3) is 0 Å². The van der Waals surface area contributed by atoms with Gasteiger partial charge in [0.05, 0.1) is 0 Å². The number of carboxylic acid groups (broad SMARTS) is 1. The first-order valence-corrected chi connectivity index (χ1v) is 9.56. The molecule has 0 aromatic heterocycles. The minimum Gasteiger partial charge on any atom is -0.508 e. The van der Waals surface area contributed by atoms with Crippen molar-refractivity contribution in [1.29, 1.82) is 0 Å². The zero-order valence-electron chi connectivity index (χ0n) is 15.3. The fraction of sp³-hybridized carbons (Fsp3) is 0.238. The molecule has 0 fully saturated rings. The maximum atomic E-state index is 12.4. The van der Waals surface area contributed by atoms with Gasteiger partial charge in [-0.3, -0.25) is 5.32 Å². The summed E-state index contributed by atoms with van der Waals surface area (Å²) in [7, 11) is 0. The zero-order chi connectivity index (χ0) is 20.5. The van der Waals surface area contributed by atoms with Crippen LogP contribution in [0.5, 0.6) is 5.75 Å². The van der Waals surface area contributed by atoms with Crippen molar-refractivity contribution >= 4 is 33.7 Å². The van der Waals surface area contributed by atoms with Gasteiger partial charge >= 0.3 is 12.1 Å². The smallest absolute Gasteiger partial charge is 0.412 e. The molecule has 7 heteroatoms. The third-order valence-electron chi connectivity index (χ3n) is 4.11. The Morgan fingerprint density at radius 3 is 2.39 bits per heavy atom. The van der Waals surface area contributed by atoms with Crippen LogP contribution in [0.1, 0.15) is 31.4 Å². The Kier molecular flexibility index (Phi) is 8.07. The Balaban J connectivity index is 2.08. The quantitative estimate of drug-likeness (QED) is 0.464. The summed E-state index contributed by atoms with van der Waals surface area (Å²) in [6, 6.07) is 13.6. The molecule has 28 heavy (non-hydrogen) atoms. The number of rotatable bonds is 8. The van der Waals surface area contributed by atoms with E-state index in [0.717, 1.165) is 16.1 Å². The molecule has 0 bridgehead atoms. The highest BCUT2D eigenvalue weighted by atomic mass is 79.9. The van der Waals surface area contributed by atoms with Gasteiger partial charge in [0.2, 0.25) is 0 Å². The number of hydrogen-bond acceptors (Lipinski definition) is 4. The Morgan fingerprint density at radius 2 is 1.79 bits per heavy atom. The zero-order valence-corrected chi connectivity index (χ0v) is 16.9.